The first-order valence-corrected chi connectivity index (χ1v) is 6.08. The Hall–Kier alpha value is -2.02. The summed E-state index contributed by atoms with van der Waals surface area (Å²) in [5, 5.41) is 0. The van der Waals surface area contributed by atoms with E-state index in [1.807, 2.05) is 0 Å². The summed E-state index contributed by atoms with van der Waals surface area (Å²) < 4.78 is 13.9. The van der Waals surface area contributed by atoms with Gasteiger partial charge in [-0.2, -0.15) is 0 Å². The van der Waals surface area contributed by atoms with Crippen molar-refractivity contribution >= 4 is 27.7 Å². The fourth-order valence-electron chi connectivity index (χ4n) is 1.71. The highest BCUT2D eigenvalue weighted by Gasteiger charge is 2.15. The summed E-state index contributed by atoms with van der Waals surface area (Å²) in [6.45, 7) is 1.59. The molecule has 0 aliphatic carbocycles. The number of carbonyl (C=O) groups is 1. The number of hydrogen-bond acceptors (Lipinski definition) is 4. The zero-order valence-electron chi connectivity index (χ0n) is 9.95. The van der Waals surface area contributed by atoms with Gasteiger partial charge in [-0.05, 0) is 25.1 Å². The molecule has 0 radical (unpaired) electrons. The quantitative estimate of drug-likeness (QED) is 0.883. The van der Waals surface area contributed by atoms with E-state index in [0.29, 0.717) is 15.7 Å². The molecule has 2 rings (SSSR count). The lowest BCUT2D eigenvalue weighted by atomic mass is 10.1. The molecule has 0 aliphatic heterocycles. The summed E-state index contributed by atoms with van der Waals surface area (Å²) in [5.74, 6) is -0.902. The Morgan fingerprint density at radius 2 is 2.00 bits per heavy atom. The maximum absolute atomic E-state index is 13.3. The van der Waals surface area contributed by atoms with Gasteiger partial charge in [0.1, 0.15) is 17.2 Å². The standard InChI is InChI=1S/C12H10BrFN4O/c1-5-9(11(16)19)10(15)18-12(17-5)6-2-7(13)4-8(14)3-6/h2-4H,1H3,(H2,16,19)(H2,15,17,18). The van der Waals surface area contributed by atoms with Gasteiger partial charge in [-0.25, -0.2) is 14.4 Å². The molecule has 98 valence electrons. The second-order valence-electron chi connectivity index (χ2n) is 3.92. The molecule has 0 saturated heterocycles. The van der Waals surface area contributed by atoms with Gasteiger partial charge in [0, 0.05) is 10.0 Å². The predicted molar refractivity (Wildman–Crippen MR) is 72.8 cm³/mol. The van der Waals surface area contributed by atoms with E-state index in [9.17, 15) is 9.18 Å². The van der Waals surface area contributed by atoms with Crippen LogP contribution in [0.3, 0.4) is 0 Å². The minimum absolute atomic E-state index is 0.0182. The number of nitrogens with zero attached hydrogens (tertiary/aromatic N) is 2. The summed E-state index contributed by atoms with van der Waals surface area (Å²) in [6.07, 6.45) is 0. The molecule has 2 aromatic rings. The van der Waals surface area contributed by atoms with Gasteiger partial charge in [0.15, 0.2) is 5.82 Å². The molecule has 19 heavy (non-hydrogen) atoms. The summed E-state index contributed by atoms with van der Waals surface area (Å²) >= 11 is 3.18. The molecule has 1 amide bonds. The first-order valence-electron chi connectivity index (χ1n) is 5.29. The summed E-state index contributed by atoms with van der Waals surface area (Å²) in [5.41, 5.74) is 11.8. The number of aromatic nitrogens is 2. The van der Waals surface area contributed by atoms with Gasteiger partial charge < -0.3 is 11.5 Å². The maximum atomic E-state index is 13.3. The van der Waals surface area contributed by atoms with Crippen LogP contribution in [-0.4, -0.2) is 15.9 Å². The number of halogens is 2. The molecule has 7 heteroatoms. The number of anilines is 1. The molecule has 5 nitrogen and oxygen atoms in total. The van der Waals surface area contributed by atoms with E-state index in [-0.39, 0.29) is 17.2 Å². The Balaban J connectivity index is 2.61. The van der Waals surface area contributed by atoms with Gasteiger partial charge in [0.2, 0.25) is 0 Å². The van der Waals surface area contributed by atoms with Crippen LogP contribution in [0.2, 0.25) is 0 Å². The summed E-state index contributed by atoms with van der Waals surface area (Å²) in [4.78, 5) is 19.3. The number of primary amides is 1. The van der Waals surface area contributed by atoms with E-state index in [2.05, 4.69) is 25.9 Å². The van der Waals surface area contributed by atoms with Gasteiger partial charge in [-0.15, -0.1) is 0 Å². The van der Waals surface area contributed by atoms with Gasteiger partial charge in [-0.3, -0.25) is 4.79 Å². The van der Waals surface area contributed by atoms with Crippen LogP contribution in [0.1, 0.15) is 16.1 Å². The maximum Gasteiger partial charge on any atom is 0.254 e. The molecule has 1 aromatic heterocycles. The van der Waals surface area contributed by atoms with E-state index in [1.54, 1.807) is 13.0 Å². The Kier molecular flexibility index (Phi) is 3.48. The van der Waals surface area contributed by atoms with Gasteiger partial charge >= 0.3 is 0 Å². The van der Waals surface area contributed by atoms with Crippen LogP contribution in [0.15, 0.2) is 22.7 Å². The topological polar surface area (TPSA) is 94.9 Å². The zero-order valence-corrected chi connectivity index (χ0v) is 11.5. The minimum atomic E-state index is -0.693. The van der Waals surface area contributed by atoms with Crippen molar-refractivity contribution in [1.82, 2.24) is 9.97 Å². The van der Waals surface area contributed by atoms with Gasteiger partial charge in [-0.1, -0.05) is 15.9 Å². The first-order chi connectivity index (χ1) is 8.88. The SMILES string of the molecule is Cc1nc(-c2cc(F)cc(Br)c2)nc(N)c1C(N)=O. The molecular weight excluding hydrogens is 315 g/mol. The second-order valence-corrected chi connectivity index (χ2v) is 4.83. The number of hydrogen-bond donors (Lipinski definition) is 2. The normalized spacial score (nSPS) is 10.5. The van der Waals surface area contributed by atoms with E-state index in [1.165, 1.54) is 12.1 Å². The molecule has 1 heterocycles. The number of carbonyl (C=O) groups excluding carboxylic acids is 1. The first kappa shape index (κ1) is 13.4. The summed E-state index contributed by atoms with van der Waals surface area (Å²) in [7, 11) is 0. The Morgan fingerprint density at radius 1 is 1.32 bits per heavy atom. The molecule has 4 N–H and O–H groups in total. The van der Waals surface area contributed by atoms with E-state index in [4.69, 9.17) is 11.5 Å². The lowest BCUT2D eigenvalue weighted by molar-refractivity contribution is 0.1000. The molecule has 0 spiro atoms. The van der Waals surface area contributed by atoms with Crippen LogP contribution in [0.4, 0.5) is 10.2 Å². The zero-order chi connectivity index (χ0) is 14.2. The predicted octanol–water partition coefficient (Wildman–Crippen LogP) is 2.03. The van der Waals surface area contributed by atoms with Crippen LogP contribution in [-0.2, 0) is 0 Å². The third-order valence-electron chi connectivity index (χ3n) is 2.49. The van der Waals surface area contributed by atoms with Crippen molar-refractivity contribution in [3.05, 3.63) is 39.7 Å². The van der Waals surface area contributed by atoms with Crippen LogP contribution in [0.5, 0.6) is 0 Å². The number of amides is 1. The number of rotatable bonds is 2. The summed E-state index contributed by atoms with van der Waals surface area (Å²) in [6, 6.07) is 4.25. The monoisotopic (exact) mass is 324 g/mol. The minimum Gasteiger partial charge on any atom is -0.383 e. The number of aryl methyl sites for hydroxylation is 1. The largest absolute Gasteiger partial charge is 0.383 e. The molecule has 1 aromatic carbocycles. The molecule has 0 fully saturated rings. The number of nitrogens with two attached hydrogens (primary N) is 2. The van der Waals surface area contributed by atoms with Crippen molar-refractivity contribution in [2.45, 2.75) is 6.92 Å². The number of nitrogen functional groups attached to an aromatic ring is 1. The third kappa shape index (κ3) is 2.70. The van der Waals surface area contributed by atoms with Crippen molar-refractivity contribution < 1.29 is 9.18 Å². The molecule has 0 saturated carbocycles. The van der Waals surface area contributed by atoms with Crippen LogP contribution >= 0.6 is 15.9 Å². The lowest BCUT2D eigenvalue weighted by Gasteiger charge is -2.08. The van der Waals surface area contributed by atoms with Gasteiger partial charge in [0.25, 0.3) is 5.91 Å². The second kappa shape index (κ2) is 4.93. The Morgan fingerprint density at radius 3 is 2.53 bits per heavy atom. The molecule has 0 unspecified atom stereocenters. The molecule has 0 aliphatic rings. The van der Waals surface area contributed by atoms with Crippen molar-refractivity contribution in [1.29, 1.82) is 0 Å². The molecular formula is C12H10BrFN4O. The van der Waals surface area contributed by atoms with Crippen molar-refractivity contribution in [2.75, 3.05) is 5.73 Å². The van der Waals surface area contributed by atoms with E-state index >= 15 is 0 Å². The van der Waals surface area contributed by atoms with E-state index < -0.39 is 11.7 Å². The Labute approximate surface area is 117 Å². The number of benzene rings is 1. The Bertz CT molecular complexity index is 632. The molecule has 0 bridgehead atoms. The smallest absolute Gasteiger partial charge is 0.254 e. The van der Waals surface area contributed by atoms with Crippen LogP contribution < -0.4 is 11.5 Å². The highest BCUT2D eigenvalue weighted by atomic mass is 79.9. The van der Waals surface area contributed by atoms with Crippen LogP contribution in [0, 0.1) is 12.7 Å². The van der Waals surface area contributed by atoms with Crippen molar-refractivity contribution in [3.8, 4) is 11.4 Å². The average Bonchev–Trinajstić information content (AvgIpc) is 2.25. The van der Waals surface area contributed by atoms with Crippen molar-refractivity contribution in [2.24, 2.45) is 5.73 Å². The van der Waals surface area contributed by atoms with Crippen molar-refractivity contribution in [3.63, 3.8) is 0 Å². The highest BCUT2D eigenvalue weighted by molar-refractivity contribution is 9.10. The lowest BCUT2D eigenvalue weighted by Crippen LogP contribution is -2.17. The highest BCUT2D eigenvalue weighted by Crippen LogP contribution is 2.24. The van der Waals surface area contributed by atoms with E-state index in [0.717, 1.165) is 0 Å². The van der Waals surface area contributed by atoms with Gasteiger partial charge in [0.05, 0.1) is 5.69 Å². The average molecular weight is 325 g/mol. The van der Waals surface area contributed by atoms with Crippen LogP contribution in [0.25, 0.3) is 11.4 Å². The fraction of sp³-hybridized carbons (Fsp3) is 0.0833. The fourth-order valence-corrected chi connectivity index (χ4v) is 2.18. The third-order valence-corrected chi connectivity index (χ3v) is 2.94. The molecule has 0 atom stereocenters.